The predicted molar refractivity (Wildman–Crippen MR) is 104 cm³/mol. The summed E-state index contributed by atoms with van der Waals surface area (Å²) in [7, 11) is 0. The van der Waals surface area contributed by atoms with E-state index >= 15 is 0 Å². The third kappa shape index (κ3) is 4.85. The van der Waals surface area contributed by atoms with Crippen LogP contribution in [0.4, 0.5) is 25.0 Å². The van der Waals surface area contributed by atoms with Gasteiger partial charge in [-0.05, 0) is 55.2 Å². The Balaban J connectivity index is 1.50. The first-order chi connectivity index (χ1) is 13.4. The standard InChI is InChI=1S/C21H23F2N3O2/c1-14(20(27)25-19-5-3-2-4-18(19)23)15-10-12-26(13-11-15)21(28)24-17-8-6-16(22)7-9-17/h2-9,14-15H,10-13H2,1H3,(H,24,28)(H,25,27)/t14-/m0/s1. The third-order valence-corrected chi connectivity index (χ3v) is 5.17. The lowest BCUT2D eigenvalue weighted by atomic mass is 9.85. The summed E-state index contributed by atoms with van der Waals surface area (Å²) in [4.78, 5) is 26.5. The molecule has 2 aromatic carbocycles. The van der Waals surface area contributed by atoms with Crippen molar-refractivity contribution in [1.82, 2.24) is 4.90 Å². The fraction of sp³-hybridized carbons (Fsp3) is 0.333. The Morgan fingerprint density at radius 2 is 1.64 bits per heavy atom. The number of amides is 3. The Morgan fingerprint density at radius 1 is 1.00 bits per heavy atom. The molecule has 1 heterocycles. The van der Waals surface area contributed by atoms with Gasteiger partial charge in [-0.15, -0.1) is 0 Å². The second-order valence-corrected chi connectivity index (χ2v) is 7.02. The van der Waals surface area contributed by atoms with Crippen molar-refractivity contribution in [2.45, 2.75) is 19.8 Å². The van der Waals surface area contributed by atoms with Crippen molar-refractivity contribution in [3.05, 3.63) is 60.2 Å². The summed E-state index contributed by atoms with van der Waals surface area (Å²) in [5.74, 6) is -1.22. The number of hydrogen-bond donors (Lipinski definition) is 2. The number of urea groups is 1. The van der Waals surface area contributed by atoms with E-state index in [9.17, 15) is 18.4 Å². The molecule has 3 rings (SSSR count). The molecule has 7 heteroatoms. The van der Waals surface area contributed by atoms with Crippen LogP contribution in [0.3, 0.4) is 0 Å². The molecule has 148 valence electrons. The number of benzene rings is 2. The van der Waals surface area contributed by atoms with E-state index in [-0.39, 0.29) is 35.3 Å². The van der Waals surface area contributed by atoms with E-state index in [1.807, 2.05) is 6.92 Å². The molecule has 1 saturated heterocycles. The van der Waals surface area contributed by atoms with Crippen LogP contribution in [0, 0.1) is 23.5 Å². The number of halogens is 2. The quantitative estimate of drug-likeness (QED) is 0.812. The lowest BCUT2D eigenvalue weighted by Gasteiger charge is -2.34. The van der Waals surface area contributed by atoms with Crippen LogP contribution in [-0.2, 0) is 4.79 Å². The van der Waals surface area contributed by atoms with Crippen molar-refractivity contribution in [3.8, 4) is 0 Å². The molecule has 1 aliphatic heterocycles. The van der Waals surface area contributed by atoms with Gasteiger partial charge in [0.1, 0.15) is 11.6 Å². The SMILES string of the molecule is C[C@H](C(=O)Nc1ccccc1F)C1CCN(C(=O)Nc2ccc(F)cc2)CC1. The number of hydrogen-bond acceptors (Lipinski definition) is 2. The lowest BCUT2D eigenvalue weighted by molar-refractivity contribution is -0.121. The second-order valence-electron chi connectivity index (χ2n) is 7.02. The van der Waals surface area contributed by atoms with Crippen LogP contribution in [0.5, 0.6) is 0 Å². The largest absolute Gasteiger partial charge is 0.325 e. The van der Waals surface area contributed by atoms with Crippen LogP contribution in [-0.4, -0.2) is 29.9 Å². The Bertz CT molecular complexity index is 834. The fourth-order valence-electron chi connectivity index (χ4n) is 3.36. The Morgan fingerprint density at radius 3 is 2.29 bits per heavy atom. The maximum atomic E-state index is 13.7. The minimum Gasteiger partial charge on any atom is -0.325 e. The van der Waals surface area contributed by atoms with Gasteiger partial charge in [0.25, 0.3) is 0 Å². The lowest BCUT2D eigenvalue weighted by Crippen LogP contribution is -2.43. The van der Waals surface area contributed by atoms with Crippen LogP contribution in [0.2, 0.25) is 0 Å². The zero-order valence-electron chi connectivity index (χ0n) is 15.6. The molecule has 0 aliphatic carbocycles. The van der Waals surface area contributed by atoms with Crippen molar-refractivity contribution in [2.75, 3.05) is 23.7 Å². The van der Waals surface area contributed by atoms with Gasteiger partial charge in [-0.3, -0.25) is 4.79 Å². The molecule has 0 saturated carbocycles. The molecule has 1 aliphatic rings. The predicted octanol–water partition coefficient (Wildman–Crippen LogP) is 4.48. The monoisotopic (exact) mass is 387 g/mol. The zero-order chi connectivity index (χ0) is 20.1. The Hall–Kier alpha value is -2.96. The number of likely N-dealkylation sites (tertiary alicyclic amines) is 1. The topological polar surface area (TPSA) is 61.4 Å². The highest BCUT2D eigenvalue weighted by molar-refractivity contribution is 5.92. The normalized spacial score (nSPS) is 15.8. The van der Waals surface area contributed by atoms with Crippen molar-refractivity contribution in [1.29, 1.82) is 0 Å². The average Bonchev–Trinajstić information content (AvgIpc) is 2.71. The number of nitrogens with one attached hydrogen (secondary N) is 2. The summed E-state index contributed by atoms with van der Waals surface area (Å²) in [6.45, 7) is 2.87. The number of nitrogens with zero attached hydrogens (tertiary/aromatic N) is 1. The molecule has 3 amide bonds. The van der Waals surface area contributed by atoms with Crippen molar-refractivity contribution < 1.29 is 18.4 Å². The van der Waals surface area contributed by atoms with Crippen molar-refractivity contribution in [2.24, 2.45) is 11.8 Å². The molecule has 0 unspecified atom stereocenters. The first-order valence-electron chi connectivity index (χ1n) is 9.31. The second kappa shape index (κ2) is 8.82. The molecule has 28 heavy (non-hydrogen) atoms. The summed E-state index contributed by atoms with van der Waals surface area (Å²) >= 11 is 0. The zero-order valence-corrected chi connectivity index (χ0v) is 15.6. The van der Waals surface area contributed by atoms with Gasteiger partial charge in [0.05, 0.1) is 5.69 Å². The average molecular weight is 387 g/mol. The molecule has 1 atom stereocenters. The number of rotatable bonds is 4. The minimum absolute atomic E-state index is 0.113. The van der Waals surface area contributed by atoms with Gasteiger partial charge in [0, 0.05) is 24.7 Å². The van der Waals surface area contributed by atoms with Crippen LogP contribution in [0.1, 0.15) is 19.8 Å². The van der Waals surface area contributed by atoms with E-state index in [1.165, 1.54) is 36.4 Å². The smallest absolute Gasteiger partial charge is 0.321 e. The molecule has 2 N–H and O–H groups in total. The summed E-state index contributed by atoms with van der Waals surface area (Å²) in [5, 5.41) is 5.38. The fourth-order valence-corrected chi connectivity index (χ4v) is 3.36. The molecule has 2 aromatic rings. The molecule has 0 bridgehead atoms. The van der Waals surface area contributed by atoms with Crippen molar-refractivity contribution in [3.63, 3.8) is 0 Å². The van der Waals surface area contributed by atoms with E-state index in [0.717, 1.165) is 0 Å². The van der Waals surface area contributed by atoms with Crippen LogP contribution in [0.15, 0.2) is 48.5 Å². The Kier molecular flexibility index (Phi) is 6.23. The first-order valence-corrected chi connectivity index (χ1v) is 9.31. The number of piperidine rings is 1. The van der Waals surface area contributed by atoms with E-state index < -0.39 is 5.82 Å². The third-order valence-electron chi connectivity index (χ3n) is 5.17. The van der Waals surface area contributed by atoms with Gasteiger partial charge in [0.2, 0.25) is 5.91 Å². The highest BCUT2D eigenvalue weighted by atomic mass is 19.1. The number of carbonyl (C=O) groups excluding carboxylic acids is 2. The maximum absolute atomic E-state index is 13.7. The van der Waals surface area contributed by atoms with Crippen LogP contribution in [0.25, 0.3) is 0 Å². The minimum atomic E-state index is -0.463. The molecular formula is C21H23F2N3O2. The number of carbonyl (C=O) groups is 2. The summed E-state index contributed by atoms with van der Waals surface area (Å²) in [6, 6.07) is 11.4. The highest BCUT2D eigenvalue weighted by Gasteiger charge is 2.30. The summed E-state index contributed by atoms with van der Waals surface area (Å²) < 4.78 is 26.7. The van der Waals surface area contributed by atoms with Crippen LogP contribution < -0.4 is 10.6 Å². The summed E-state index contributed by atoms with van der Waals surface area (Å²) in [6.07, 6.45) is 1.37. The van der Waals surface area contributed by atoms with E-state index in [4.69, 9.17) is 0 Å². The number of anilines is 2. The highest BCUT2D eigenvalue weighted by Crippen LogP contribution is 2.27. The molecule has 1 fully saturated rings. The van der Waals surface area contributed by atoms with E-state index in [1.54, 1.807) is 17.0 Å². The molecule has 0 aromatic heterocycles. The van der Waals surface area contributed by atoms with Gasteiger partial charge < -0.3 is 15.5 Å². The Labute approximate surface area is 162 Å². The molecule has 0 spiro atoms. The summed E-state index contributed by atoms with van der Waals surface area (Å²) in [5.41, 5.74) is 0.710. The first kappa shape index (κ1) is 19.8. The van der Waals surface area contributed by atoms with Crippen LogP contribution >= 0.6 is 0 Å². The van der Waals surface area contributed by atoms with Gasteiger partial charge >= 0.3 is 6.03 Å². The van der Waals surface area contributed by atoms with Crippen molar-refractivity contribution >= 4 is 23.3 Å². The van der Waals surface area contributed by atoms with Gasteiger partial charge in [-0.25, -0.2) is 13.6 Å². The molecule has 0 radical (unpaired) electrons. The van der Waals surface area contributed by atoms with E-state index in [2.05, 4.69) is 10.6 Å². The van der Waals surface area contributed by atoms with Gasteiger partial charge in [0.15, 0.2) is 0 Å². The molecular weight excluding hydrogens is 364 g/mol. The van der Waals surface area contributed by atoms with Gasteiger partial charge in [-0.2, -0.15) is 0 Å². The molecule has 5 nitrogen and oxygen atoms in total. The van der Waals surface area contributed by atoms with Gasteiger partial charge in [-0.1, -0.05) is 19.1 Å². The number of para-hydroxylation sites is 1. The van der Waals surface area contributed by atoms with E-state index in [0.29, 0.717) is 31.6 Å². The maximum Gasteiger partial charge on any atom is 0.321 e.